The van der Waals surface area contributed by atoms with Crippen molar-refractivity contribution >= 4 is 29.5 Å². The second kappa shape index (κ2) is 13.6. The number of nitrogens with zero attached hydrogens (tertiary/aromatic N) is 1. The lowest BCUT2D eigenvalue weighted by molar-refractivity contribution is -0.140. The Morgan fingerprint density at radius 3 is 2.13 bits per heavy atom. The van der Waals surface area contributed by atoms with E-state index in [0.29, 0.717) is 11.3 Å². The number of ether oxygens (including phenoxy) is 1. The Bertz CT molecular complexity index is 1200. The molecule has 0 bridgehead atoms. The molecule has 2 atom stereocenters. The highest BCUT2D eigenvalue weighted by Crippen LogP contribution is 2.29. The number of nitrogens with one attached hydrogen (secondary N) is 2. The van der Waals surface area contributed by atoms with Gasteiger partial charge in [-0.3, -0.25) is 14.4 Å². The molecule has 0 heterocycles. The summed E-state index contributed by atoms with van der Waals surface area (Å²) in [6.07, 6.45) is 0.461. The first kappa shape index (κ1) is 31.1. The van der Waals surface area contributed by atoms with E-state index in [-0.39, 0.29) is 19.4 Å². The van der Waals surface area contributed by atoms with Gasteiger partial charge in [-0.25, -0.2) is 4.79 Å². The number of rotatable bonds is 11. The number of carbonyl (C=O) groups excluding carboxylic acids is 4. The van der Waals surface area contributed by atoms with E-state index in [1.807, 2.05) is 51.1 Å². The van der Waals surface area contributed by atoms with Crippen LogP contribution < -0.4 is 16.4 Å². The van der Waals surface area contributed by atoms with E-state index in [2.05, 4.69) is 17.2 Å². The highest BCUT2D eigenvalue weighted by Gasteiger charge is 2.36. The van der Waals surface area contributed by atoms with Crippen LogP contribution in [0.3, 0.4) is 0 Å². The Balaban J connectivity index is 2.56. The smallest absolute Gasteiger partial charge is 0.408 e. The quantitative estimate of drug-likeness (QED) is 0.365. The molecule has 0 fully saturated rings. The molecule has 2 aromatic carbocycles. The van der Waals surface area contributed by atoms with Gasteiger partial charge in [0.15, 0.2) is 0 Å². The summed E-state index contributed by atoms with van der Waals surface area (Å²) in [5.41, 5.74) is 8.36. The van der Waals surface area contributed by atoms with Crippen LogP contribution in [0, 0.1) is 20.8 Å². The first-order chi connectivity index (χ1) is 18.2. The van der Waals surface area contributed by atoms with E-state index in [1.165, 1.54) is 11.0 Å². The van der Waals surface area contributed by atoms with Gasteiger partial charge in [0.25, 0.3) is 5.91 Å². The molecule has 0 spiro atoms. The fraction of sp³-hybridized carbons (Fsp3) is 0.400. The number of anilines is 1. The molecule has 0 aliphatic heterocycles. The van der Waals surface area contributed by atoms with E-state index in [4.69, 9.17) is 10.5 Å². The van der Waals surface area contributed by atoms with Crippen molar-refractivity contribution in [2.75, 3.05) is 11.9 Å². The maximum Gasteiger partial charge on any atom is 0.408 e. The van der Waals surface area contributed by atoms with Crippen LogP contribution in [0.15, 0.2) is 55.1 Å². The predicted molar refractivity (Wildman–Crippen MR) is 152 cm³/mol. The van der Waals surface area contributed by atoms with E-state index < -0.39 is 41.5 Å². The zero-order valence-corrected chi connectivity index (χ0v) is 23.7. The van der Waals surface area contributed by atoms with Gasteiger partial charge in [-0.15, -0.1) is 6.58 Å². The lowest BCUT2D eigenvalue weighted by Crippen LogP contribution is -2.52. The summed E-state index contributed by atoms with van der Waals surface area (Å²) in [7, 11) is 0. The van der Waals surface area contributed by atoms with Gasteiger partial charge in [-0.2, -0.15) is 0 Å². The first-order valence-electron chi connectivity index (χ1n) is 12.9. The maximum atomic E-state index is 14.0. The standard InChI is InChI=1S/C30H40N4O5/c1-8-18-34(28(37)23(16-17-24(31)35)32-29(38)39-30(5,6)7)26(22-15-10-9-12-19(22)2)27(36)33-25-20(3)13-11-14-21(25)4/h8-15,23,26H,1,16-18H2,2-7H3,(H2,31,35)(H,32,38)(H,33,36). The van der Waals surface area contributed by atoms with Crippen LogP contribution in [-0.2, 0) is 19.1 Å². The van der Waals surface area contributed by atoms with Crippen molar-refractivity contribution in [3.63, 3.8) is 0 Å². The normalized spacial score (nSPS) is 12.6. The Kier molecular flexibility index (Phi) is 10.8. The van der Waals surface area contributed by atoms with E-state index in [1.54, 1.807) is 32.9 Å². The van der Waals surface area contributed by atoms with Gasteiger partial charge in [0.1, 0.15) is 17.7 Å². The number of primary amides is 1. The highest BCUT2D eigenvalue weighted by molar-refractivity contribution is 6.00. The second-order valence-electron chi connectivity index (χ2n) is 10.5. The molecular weight excluding hydrogens is 496 g/mol. The molecule has 2 aromatic rings. The van der Waals surface area contributed by atoms with Crippen LogP contribution >= 0.6 is 0 Å². The van der Waals surface area contributed by atoms with Crippen molar-refractivity contribution in [2.24, 2.45) is 5.73 Å². The van der Waals surface area contributed by atoms with Gasteiger partial charge in [0, 0.05) is 18.7 Å². The van der Waals surface area contributed by atoms with Crippen LogP contribution in [0.4, 0.5) is 10.5 Å². The summed E-state index contributed by atoms with van der Waals surface area (Å²) in [4.78, 5) is 53.6. The predicted octanol–water partition coefficient (Wildman–Crippen LogP) is 4.47. The van der Waals surface area contributed by atoms with Crippen molar-refractivity contribution in [2.45, 2.75) is 72.1 Å². The van der Waals surface area contributed by atoms with Crippen LogP contribution in [0.25, 0.3) is 0 Å². The average Bonchev–Trinajstić information content (AvgIpc) is 2.83. The minimum absolute atomic E-state index is 0.00107. The van der Waals surface area contributed by atoms with Gasteiger partial charge in [0.2, 0.25) is 11.8 Å². The van der Waals surface area contributed by atoms with E-state index in [0.717, 1.165) is 16.7 Å². The number of aryl methyl sites for hydroxylation is 3. The van der Waals surface area contributed by atoms with Crippen LogP contribution in [0.5, 0.6) is 0 Å². The Morgan fingerprint density at radius 2 is 1.59 bits per heavy atom. The Morgan fingerprint density at radius 1 is 1.00 bits per heavy atom. The summed E-state index contributed by atoms with van der Waals surface area (Å²) >= 11 is 0. The lowest BCUT2D eigenvalue weighted by Gasteiger charge is -2.34. The number of alkyl carbamates (subject to hydrolysis) is 1. The number of nitrogens with two attached hydrogens (primary N) is 1. The molecule has 0 aromatic heterocycles. The fourth-order valence-corrected chi connectivity index (χ4v) is 4.20. The topological polar surface area (TPSA) is 131 Å². The first-order valence-corrected chi connectivity index (χ1v) is 12.9. The fourth-order valence-electron chi connectivity index (χ4n) is 4.20. The number of hydrogen-bond acceptors (Lipinski definition) is 5. The molecule has 0 aliphatic carbocycles. The SMILES string of the molecule is C=CCN(C(=O)C(CCC(N)=O)NC(=O)OC(C)(C)C)C(C(=O)Nc1c(C)cccc1C)c1ccccc1C. The van der Waals surface area contributed by atoms with Crippen molar-refractivity contribution in [3.05, 3.63) is 77.4 Å². The molecule has 210 valence electrons. The molecule has 0 saturated heterocycles. The Labute approximate surface area is 230 Å². The largest absolute Gasteiger partial charge is 0.444 e. The van der Waals surface area contributed by atoms with Crippen molar-refractivity contribution in [1.29, 1.82) is 0 Å². The third kappa shape index (κ3) is 8.98. The van der Waals surface area contributed by atoms with Gasteiger partial charge < -0.3 is 26.0 Å². The van der Waals surface area contributed by atoms with E-state index >= 15 is 0 Å². The van der Waals surface area contributed by atoms with Gasteiger partial charge in [0.05, 0.1) is 0 Å². The summed E-state index contributed by atoms with van der Waals surface area (Å²) in [6, 6.07) is 10.7. The maximum absolute atomic E-state index is 14.0. The van der Waals surface area contributed by atoms with Crippen LogP contribution in [0.1, 0.15) is 61.9 Å². The third-order valence-corrected chi connectivity index (χ3v) is 6.05. The number of para-hydroxylation sites is 1. The van der Waals surface area contributed by atoms with Crippen molar-refractivity contribution < 1.29 is 23.9 Å². The zero-order valence-electron chi connectivity index (χ0n) is 23.7. The summed E-state index contributed by atoms with van der Waals surface area (Å²) in [5.74, 6) is -1.63. The highest BCUT2D eigenvalue weighted by atomic mass is 16.6. The molecule has 4 amide bonds. The molecule has 0 radical (unpaired) electrons. The minimum Gasteiger partial charge on any atom is -0.444 e. The summed E-state index contributed by atoms with van der Waals surface area (Å²) < 4.78 is 5.35. The van der Waals surface area contributed by atoms with Crippen LogP contribution in [0.2, 0.25) is 0 Å². The van der Waals surface area contributed by atoms with Gasteiger partial charge >= 0.3 is 6.09 Å². The number of hydrogen-bond donors (Lipinski definition) is 3. The van der Waals surface area contributed by atoms with Gasteiger partial charge in [-0.05, 0) is 70.2 Å². The molecule has 0 aliphatic rings. The molecule has 9 nitrogen and oxygen atoms in total. The van der Waals surface area contributed by atoms with Crippen molar-refractivity contribution in [1.82, 2.24) is 10.2 Å². The van der Waals surface area contributed by atoms with Gasteiger partial charge in [-0.1, -0.05) is 48.5 Å². The summed E-state index contributed by atoms with van der Waals surface area (Å²) in [6.45, 7) is 14.5. The van der Waals surface area contributed by atoms with Crippen molar-refractivity contribution in [3.8, 4) is 0 Å². The number of amides is 4. The van der Waals surface area contributed by atoms with E-state index in [9.17, 15) is 19.2 Å². The molecular formula is C30H40N4O5. The third-order valence-electron chi connectivity index (χ3n) is 6.05. The lowest BCUT2D eigenvalue weighted by atomic mass is 9.97. The number of benzene rings is 2. The molecule has 2 rings (SSSR count). The minimum atomic E-state index is -1.17. The second-order valence-corrected chi connectivity index (χ2v) is 10.5. The number of carbonyl (C=O) groups is 4. The molecule has 2 unspecified atom stereocenters. The Hall–Kier alpha value is -4.14. The average molecular weight is 537 g/mol. The summed E-state index contributed by atoms with van der Waals surface area (Å²) in [5, 5.41) is 5.58. The zero-order chi connectivity index (χ0) is 29.3. The van der Waals surface area contributed by atoms with Crippen LogP contribution in [-0.4, -0.2) is 46.9 Å². The monoisotopic (exact) mass is 536 g/mol. The molecule has 9 heteroatoms. The molecule has 0 saturated carbocycles. The molecule has 4 N–H and O–H groups in total. The molecule has 39 heavy (non-hydrogen) atoms.